The zero-order valence-electron chi connectivity index (χ0n) is 8.29. The van der Waals surface area contributed by atoms with E-state index in [1.165, 1.54) is 0 Å². The molecule has 0 bridgehead atoms. The lowest BCUT2D eigenvalue weighted by Gasteiger charge is -2.00. The lowest BCUT2D eigenvalue weighted by atomic mass is 10.2. The van der Waals surface area contributed by atoms with Crippen molar-refractivity contribution in [2.45, 2.75) is 26.7 Å². The highest BCUT2D eigenvalue weighted by molar-refractivity contribution is 6.29. The maximum absolute atomic E-state index is 6.07. The molecule has 0 aromatic carbocycles. The van der Waals surface area contributed by atoms with Gasteiger partial charge in [-0.15, -0.1) is 0 Å². The molecule has 74 valence electrons. The topological polar surface area (TPSA) is 30.2 Å². The van der Waals surface area contributed by atoms with Gasteiger partial charge in [-0.05, 0) is 19.4 Å². The number of fused-ring (bicyclic) bond motifs is 1. The lowest BCUT2D eigenvalue weighted by Crippen LogP contribution is -1.96. The highest BCUT2D eigenvalue weighted by atomic mass is 35.5. The molecular weight excluding hydrogens is 198 g/mol. The van der Waals surface area contributed by atoms with Crippen molar-refractivity contribution >= 4 is 17.2 Å². The quantitative estimate of drug-likeness (QED) is 0.712. The zero-order valence-corrected chi connectivity index (χ0v) is 9.04. The monoisotopic (exact) mass is 209 g/mol. The van der Waals surface area contributed by atoms with Crippen molar-refractivity contribution in [1.29, 1.82) is 0 Å². The zero-order chi connectivity index (χ0) is 10.1. The molecule has 3 nitrogen and oxygen atoms in total. The number of halogens is 1. The number of aryl methyl sites for hydroxylation is 2. The van der Waals surface area contributed by atoms with Gasteiger partial charge in [0.25, 0.3) is 0 Å². The second kappa shape index (κ2) is 3.58. The SMILES string of the molecule is CCCc1cc(Cl)n2nc(C)cc2n1. The second-order valence-corrected chi connectivity index (χ2v) is 3.76. The molecule has 0 spiro atoms. The molecule has 0 saturated heterocycles. The van der Waals surface area contributed by atoms with E-state index in [9.17, 15) is 0 Å². The Morgan fingerprint density at radius 3 is 2.93 bits per heavy atom. The summed E-state index contributed by atoms with van der Waals surface area (Å²) >= 11 is 6.07. The first-order valence-electron chi connectivity index (χ1n) is 4.72. The standard InChI is InChI=1S/C10H12ClN3/c1-3-4-8-6-9(11)14-10(12-8)5-7(2)13-14/h5-6H,3-4H2,1-2H3. The molecule has 0 aliphatic heterocycles. The molecule has 0 amide bonds. The van der Waals surface area contributed by atoms with Crippen molar-refractivity contribution in [3.63, 3.8) is 0 Å². The summed E-state index contributed by atoms with van der Waals surface area (Å²) in [6.07, 6.45) is 2.03. The van der Waals surface area contributed by atoms with Gasteiger partial charge in [-0.1, -0.05) is 24.9 Å². The fraction of sp³-hybridized carbons (Fsp3) is 0.400. The van der Waals surface area contributed by atoms with Crippen LogP contribution in [0.3, 0.4) is 0 Å². The molecule has 4 heteroatoms. The molecular formula is C10H12ClN3. The van der Waals surface area contributed by atoms with E-state index in [2.05, 4.69) is 17.0 Å². The largest absolute Gasteiger partial charge is 0.233 e. The number of aromatic nitrogens is 3. The van der Waals surface area contributed by atoms with E-state index in [1.807, 2.05) is 19.1 Å². The van der Waals surface area contributed by atoms with E-state index in [-0.39, 0.29) is 0 Å². The normalized spacial score (nSPS) is 11.1. The number of hydrogen-bond donors (Lipinski definition) is 0. The van der Waals surface area contributed by atoms with Gasteiger partial charge < -0.3 is 0 Å². The third kappa shape index (κ3) is 1.60. The minimum Gasteiger partial charge on any atom is -0.233 e. The van der Waals surface area contributed by atoms with Gasteiger partial charge in [0.05, 0.1) is 5.69 Å². The molecule has 2 rings (SSSR count). The van der Waals surface area contributed by atoms with Gasteiger partial charge in [-0.25, -0.2) is 9.50 Å². The van der Waals surface area contributed by atoms with E-state index in [4.69, 9.17) is 11.6 Å². The maximum atomic E-state index is 6.07. The third-order valence-corrected chi connectivity index (χ3v) is 2.33. The van der Waals surface area contributed by atoms with Crippen LogP contribution in [0.25, 0.3) is 5.65 Å². The van der Waals surface area contributed by atoms with E-state index in [0.29, 0.717) is 5.15 Å². The predicted octanol–water partition coefficient (Wildman–Crippen LogP) is 2.64. The first-order valence-corrected chi connectivity index (χ1v) is 5.10. The Bertz CT molecular complexity index is 462. The summed E-state index contributed by atoms with van der Waals surface area (Å²) in [5, 5.41) is 4.87. The minimum absolute atomic E-state index is 0.631. The number of nitrogens with zero attached hydrogens (tertiary/aromatic N) is 3. The molecule has 14 heavy (non-hydrogen) atoms. The first-order chi connectivity index (χ1) is 6.70. The van der Waals surface area contributed by atoms with Crippen molar-refractivity contribution < 1.29 is 0 Å². The van der Waals surface area contributed by atoms with Crippen LogP contribution in [0.15, 0.2) is 12.1 Å². The summed E-state index contributed by atoms with van der Waals surface area (Å²) in [4.78, 5) is 4.46. The molecule has 0 aliphatic rings. The van der Waals surface area contributed by atoms with Crippen LogP contribution in [0.2, 0.25) is 5.15 Å². The van der Waals surface area contributed by atoms with Crippen molar-refractivity contribution in [3.8, 4) is 0 Å². The Morgan fingerprint density at radius 1 is 1.43 bits per heavy atom. The van der Waals surface area contributed by atoms with Crippen molar-refractivity contribution in [2.75, 3.05) is 0 Å². The van der Waals surface area contributed by atoms with Crippen LogP contribution < -0.4 is 0 Å². The van der Waals surface area contributed by atoms with E-state index >= 15 is 0 Å². The fourth-order valence-electron chi connectivity index (χ4n) is 1.48. The van der Waals surface area contributed by atoms with Crippen molar-refractivity contribution in [2.24, 2.45) is 0 Å². The Kier molecular flexibility index (Phi) is 2.42. The Balaban J connectivity index is 2.59. The average molecular weight is 210 g/mol. The number of rotatable bonds is 2. The molecule has 2 aromatic rings. The van der Waals surface area contributed by atoms with Gasteiger partial charge in [-0.3, -0.25) is 0 Å². The van der Waals surface area contributed by atoms with Crippen LogP contribution in [0.4, 0.5) is 0 Å². The van der Waals surface area contributed by atoms with E-state index in [0.717, 1.165) is 29.9 Å². The van der Waals surface area contributed by atoms with Gasteiger partial charge in [0.2, 0.25) is 0 Å². The molecule has 0 fully saturated rings. The summed E-state index contributed by atoms with van der Waals surface area (Å²) < 4.78 is 1.66. The Labute approximate surface area is 87.7 Å². The van der Waals surface area contributed by atoms with Crippen LogP contribution in [-0.4, -0.2) is 14.6 Å². The van der Waals surface area contributed by atoms with Gasteiger partial charge in [0, 0.05) is 11.8 Å². The average Bonchev–Trinajstić information content (AvgIpc) is 2.47. The Hall–Kier alpha value is -1.09. The summed E-state index contributed by atoms with van der Waals surface area (Å²) in [6.45, 7) is 4.06. The van der Waals surface area contributed by atoms with Crippen LogP contribution >= 0.6 is 11.6 Å². The highest BCUT2D eigenvalue weighted by Crippen LogP contribution is 2.14. The number of hydrogen-bond acceptors (Lipinski definition) is 2. The minimum atomic E-state index is 0.631. The molecule has 0 aliphatic carbocycles. The van der Waals surface area contributed by atoms with E-state index in [1.54, 1.807) is 4.52 Å². The van der Waals surface area contributed by atoms with Gasteiger partial charge in [-0.2, -0.15) is 5.10 Å². The van der Waals surface area contributed by atoms with Gasteiger partial charge in [0.15, 0.2) is 5.65 Å². The molecule has 0 unspecified atom stereocenters. The molecule has 0 N–H and O–H groups in total. The molecule has 0 atom stereocenters. The predicted molar refractivity (Wildman–Crippen MR) is 56.7 cm³/mol. The Morgan fingerprint density at radius 2 is 2.21 bits per heavy atom. The molecule has 0 radical (unpaired) electrons. The van der Waals surface area contributed by atoms with Crippen molar-refractivity contribution in [1.82, 2.24) is 14.6 Å². The van der Waals surface area contributed by atoms with Crippen LogP contribution in [0.5, 0.6) is 0 Å². The summed E-state index contributed by atoms with van der Waals surface area (Å²) in [5.74, 6) is 0. The molecule has 2 aromatic heterocycles. The summed E-state index contributed by atoms with van der Waals surface area (Å²) in [7, 11) is 0. The first kappa shape index (κ1) is 9.46. The molecule has 0 saturated carbocycles. The fourth-order valence-corrected chi connectivity index (χ4v) is 1.74. The van der Waals surface area contributed by atoms with Crippen molar-refractivity contribution in [3.05, 3.63) is 28.7 Å². The summed E-state index contributed by atoms with van der Waals surface area (Å²) in [6, 6.07) is 3.82. The second-order valence-electron chi connectivity index (χ2n) is 3.38. The van der Waals surface area contributed by atoms with Crippen LogP contribution in [0, 0.1) is 6.92 Å². The third-order valence-electron chi connectivity index (χ3n) is 2.07. The molecule has 2 heterocycles. The smallest absolute Gasteiger partial charge is 0.157 e. The van der Waals surface area contributed by atoms with E-state index < -0.39 is 0 Å². The van der Waals surface area contributed by atoms with Gasteiger partial charge >= 0.3 is 0 Å². The van der Waals surface area contributed by atoms with Crippen LogP contribution in [-0.2, 0) is 6.42 Å². The van der Waals surface area contributed by atoms with Crippen LogP contribution in [0.1, 0.15) is 24.7 Å². The maximum Gasteiger partial charge on any atom is 0.157 e. The lowest BCUT2D eigenvalue weighted by molar-refractivity contribution is 0.854. The highest BCUT2D eigenvalue weighted by Gasteiger charge is 2.05. The van der Waals surface area contributed by atoms with Gasteiger partial charge in [0.1, 0.15) is 5.15 Å². The summed E-state index contributed by atoms with van der Waals surface area (Å²) in [5.41, 5.74) is 2.80.